The van der Waals surface area contributed by atoms with Crippen LogP contribution in [0.25, 0.3) is 0 Å². The molecule has 0 bridgehead atoms. The summed E-state index contributed by atoms with van der Waals surface area (Å²) in [5.74, 6) is 0.118. The van der Waals surface area contributed by atoms with E-state index in [0.717, 1.165) is 31.5 Å². The molecule has 0 aromatic carbocycles. The minimum absolute atomic E-state index is 0.118. The summed E-state index contributed by atoms with van der Waals surface area (Å²) in [5.41, 5.74) is 0.700. The van der Waals surface area contributed by atoms with Crippen molar-refractivity contribution in [1.82, 2.24) is 19.8 Å². The van der Waals surface area contributed by atoms with Crippen molar-refractivity contribution in [2.75, 3.05) is 26.2 Å². The molecule has 0 unspecified atom stereocenters. The van der Waals surface area contributed by atoms with Crippen molar-refractivity contribution in [3.63, 3.8) is 0 Å². The normalized spacial score (nSPS) is 21.1. The van der Waals surface area contributed by atoms with Crippen LogP contribution in [0.4, 0.5) is 0 Å². The minimum atomic E-state index is -0.949. The van der Waals surface area contributed by atoms with Gasteiger partial charge in [-0.1, -0.05) is 12.1 Å². The maximum absolute atomic E-state index is 13.4. The number of nitrogens with zero attached hydrogens (tertiary/aromatic N) is 4. The number of piperidine rings is 1. The first-order chi connectivity index (χ1) is 13.2. The molecule has 1 amide bonds. The van der Waals surface area contributed by atoms with Crippen molar-refractivity contribution in [2.45, 2.75) is 37.3 Å². The summed E-state index contributed by atoms with van der Waals surface area (Å²) in [6.45, 7) is 2.96. The predicted molar refractivity (Wildman–Crippen MR) is 102 cm³/mol. The number of hydrogen-bond donors (Lipinski definition) is 1. The van der Waals surface area contributed by atoms with Crippen LogP contribution in [0.2, 0.25) is 0 Å². The van der Waals surface area contributed by atoms with Crippen LogP contribution in [0.1, 0.15) is 43.0 Å². The Hall–Kier alpha value is -2.31. The lowest BCUT2D eigenvalue weighted by Crippen LogP contribution is -2.49. The number of hydrogen-bond acceptors (Lipinski definition) is 5. The molecular formula is C21H26N4O2. The molecule has 0 aliphatic carbocycles. The van der Waals surface area contributed by atoms with Crippen LogP contribution in [0, 0.1) is 0 Å². The molecule has 0 saturated carbocycles. The molecule has 1 N–H and O–H groups in total. The van der Waals surface area contributed by atoms with E-state index < -0.39 is 5.60 Å². The fourth-order valence-electron chi connectivity index (χ4n) is 4.21. The van der Waals surface area contributed by atoms with Crippen molar-refractivity contribution in [3.05, 3.63) is 60.2 Å². The van der Waals surface area contributed by atoms with Gasteiger partial charge in [0.15, 0.2) is 0 Å². The fourth-order valence-corrected chi connectivity index (χ4v) is 4.21. The third-order valence-electron chi connectivity index (χ3n) is 5.78. The first kappa shape index (κ1) is 18.1. The third-order valence-corrected chi connectivity index (χ3v) is 5.78. The van der Waals surface area contributed by atoms with Gasteiger partial charge in [-0.05, 0) is 62.5 Å². The molecule has 142 valence electrons. The number of carbonyl (C=O) groups is 1. The lowest BCUT2D eigenvalue weighted by Gasteiger charge is -2.40. The van der Waals surface area contributed by atoms with Gasteiger partial charge in [0.25, 0.3) is 0 Å². The van der Waals surface area contributed by atoms with Crippen LogP contribution >= 0.6 is 0 Å². The molecule has 0 spiro atoms. The number of amides is 1. The highest BCUT2D eigenvalue weighted by Gasteiger charge is 2.39. The molecule has 4 heterocycles. The second-order valence-corrected chi connectivity index (χ2v) is 7.50. The summed E-state index contributed by atoms with van der Waals surface area (Å²) >= 11 is 0. The van der Waals surface area contributed by atoms with Gasteiger partial charge in [0.1, 0.15) is 11.6 Å². The Morgan fingerprint density at radius 1 is 1.04 bits per heavy atom. The summed E-state index contributed by atoms with van der Waals surface area (Å²) in [6.07, 6.45) is 8.52. The van der Waals surface area contributed by atoms with Gasteiger partial charge >= 0.3 is 0 Å². The van der Waals surface area contributed by atoms with Gasteiger partial charge in [-0.25, -0.2) is 0 Å². The number of pyridine rings is 2. The average Bonchev–Trinajstić information content (AvgIpc) is 3.24. The molecule has 6 nitrogen and oxygen atoms in total. The highest BCUT2D eigenvalue weighted by atomic mass is 16.3. The third kappa shape index (κ3) is 3.73. The van der Waals surface area contributed by atoms with Crippen LogP contribution in [0.3, 0.4) is 0 Å². The smallest absolute Gasteiger partial charge is 0.244 e. The molecule has 27 heavy (non-hydrogen) atoms. The molecular weight excluding hydrogens is 340 g/mol. The predicted octanol–water partition coefficient (Wildman–Crippen LogP) is 2.12. The fraction of sp³-hybridized carbons (Fsp3) is 0.476. The van der Waals surface area contributed by atoms with E-state index in [4.69, 9.17) is 0 Å². The number of likely N-dealkylation sites (tertiary alicyclic amines) is 2. The maximum atomic E-state index is 13.4. The van der Waals surface area contributed by atoms with Crippen LogP contribution in [0.15, 0.2) is 48.9 Å². The quantitative estimate of drug-likeness (QED) is 0.898. The largest absolute Gasteiger partial charge is 0.383 e. The van der Waals surface area contributed by atoms with Crippen LogP contribution in [-0.4, -0.2) is 57.0 Å². The molecule has 1 atom stereocenters. The molecule has 2 aromatic rings. The molecule has 2 aromatic heterocycles. The van der Waals surface area contributed by atoms with E-state index in [9.17, 15) is 9.90 Å². The van der Waals surface area contributed by atoms with Gasteiger partial charge in [0, 0.05) is 31.7 Å². The van der Waals surface area contributed by atoms with Crippen molar-refractivity contribution in [2.24, 2.45) is 0 Å². The Bertz CT molecular complexity index is 754. The van der Waals surface area contributed by atoms with Crippen molar-refractivity contribution in [1.29, 1.82) is 0 Å². The summed E-state index contributed by atoms with van der Waals surface area (Å²) in [4.78, 5) is 26.1. The standard InChI is InChI=1S/C21H26N4O2/c26-20(19(24-12-3-4-13-24)17-6-5-10-22-16-17)25-14-8-21(27,9-15-25)18-7-1-2-11-23-18/h1-2,5-7,10-11,16,19,27H,3-4,8-9,12-15H2/t19-/m0/s1. The molecule has 4 rings (SSSR count). The van der Waals surface area contributed by atoms with E-state index in [0.29, 0.717) is 31.6 Å². The maximum Gasteiger partial charge on any atom is 0.244 e. The first-order valence-corrected chi connectivity index (χ1v) is 9.74. The number of rotatable bonds is 4. The molecule has 2 aliphatic heterocycles. The van der Waals surface area contributed by atoms with Gasteiger partial charge in [-0.3, -0.25) is 19.7 Å². The lowest BCUT2D eigenvalue weighted by molar-refractivity contribution is -0.141. The second-order valence-electron chi connectivity index (χ2n) is 7.50. The zero-order valence-corrected chi connectivity index (χ0v) is 15.5. The van der Waals surface area contributed by atoms with E-state index in [1.165, 1.54) is 0 Å². The zero-order valence-electron chi connectivity index (χ0n) is 15.5. The van der Waals surface area contributed by atoms with E-state index >= 15 is 0 Å². The summed E-state index contributed by atoms with van der Waals surface area (Å²) in [6, 6.07) is 9.20. The minimum Gasteiger partial charge on any atom is -0.383 e. The Labute approximate surface area is 159 Å². The second kappa shape index (κ2) is 7.74. The van der Waals surface area contributed by atoms with E-state index in [2.05, 4.69) is 14.9 Å². The Balaban J connectivity index is 1.50. The van der Waals surface area contributed by atoms with E-state index in [-0.39, 0.29) is 11.9 Å². The van der Waals surface area contributed by atoms with Gasteiger partial charge < -0.3 is 10.0 Å². The van der Waals surface area contributed by atoms with Gasteiger partial charge in [0.05, 0.1) is 5.69 Å². The lowest BCUT2D eigenvalue weighted by atomic mass is 9.87. The molecule has 6 heteroatoms. The van der Waals surface area contributed by atoms with E-state index in [1.54, 1.807) is 18.6 Å². The van der Waals surface area contributed by atoms with Crippen LogP contribution in [-0.2, 0) is 10.4 Å². The highest BCUT2D eigenvalue weighted by molar-refractivity contribution is 5.83. The Kier molecular flexibility index (Phi) is 5.18. The molecule has 0 radical (unpaired) electrons. The average molecular weight is 366 g/mol. The number of aliphatic hydroxyl groups is 1. The Morgan fingerprint density at radius 2 is 1.81 bits per heavy atom. The van der Waals surface area contributed by atoms with Crippen LogP contribution in [0.5, 0.6) is 0 Å². The summed E-state index contributed by atoms with van der Waals surface area (Å²) < 4.78 is 0. The van der Waals surface area contributed by atoms with Crippen LogP contribution < -0.4 is 0 Å². The summed E-state index contributed by atoms with van der Waals surface area (Å²) in [7, 11) is 0. The SMILES string of the molecule is O=C([C@H](c1cccnc1)N1CCCC1)N1CCC(O)(c2ccccn2)CC1. The summed E-state index contributed by atoms with van der Waals surface area (Å²) in [5, 5.41) is 11.0. The molecule has 2 saturated heterocycles. The topological polar surface area (TPSA) is 69.6 Å². The van der Waals surface area contributed by atoms with E-state index in [1.807, 2.05) is 35.2 Å². The Morgan fingerprint density at radius 3 is 2.44 bits per heavy atom. The van der Waals surface area contributed by atoms with Gasteiger partial charge in [-0.15, -0.1) is 0 Å². The van der Waals surface area contributed by atoms with Crippen molar-refractivity contribution >= 4 is 5.91 Å². The number of aromatic nitrogens is 2. The molecule has 2 fully saturated rings. The monoisotopic (exact) mass is 366 g/mol. The van der Waals surface area contributed by atoms with Gasteiger partial charge in [-0.2, -0.15) is 0 Å². The molecule has 2 aliphatic rings. The zero-order chi connectivity index (χ0) is 18.7. The first-order valence-electron chi connectivity index (χ1n) is 9.74. The van der Waals surface area contributed by atoms with Gasteiger partial charge in [0.2, 0.25) is 5.91 Å². The highest BCUT2D eigenvalue weighted by Crippen LogP contribution is 2.34. The van der Waals surface area contributed by atoms with Crippen molar-refractivity contribution < 1.29 is 9.90 Å². The van der Waals surface area contributed by atoms with Crippen molar-refractivity contribution in [3.8, 4) is 0 Å². The number of carbonyl (C=O) groups excluding carboxylic acids is 1.